The Bertz CT molecular complexity index is 581. The normalized spacial score (nSPS) is 11.8. The highest BCUT2D eigenvalue weighted by Gasteiger charge is 2.19. The fraction of sp³-hybridized carbons (Fsp3) is 0.267. The second-order valence-electron chi connectivity index (χ2n) is 4.79. The number of aryl methyl sites for hydroxylation is 1. The molecule has 2 rings (SSSR count). The van der Waals surface area contributed by atoms with Crippen LogP contribution in [0.15, 0.2) is 42.9 Å². The summed E-state index contributed by atoms with van der Waals surface area (Å²) in [4.78, 5) is 30.1. The number of hydrogen-bond acceptors (Lipinski definition) is 3. The van der Waals surface area contributed by atoms with Gasteiger partial charge in [0.25, 0.3) is 0 Å². The molecule has 1 atom stereocenters. The Labute approximate surface area is 122 Å². The summed E-state index contributed by atoms with van der Waals surface area (Å²) < 4.78 is 0. The molecule has 2 aromatic rings. The monoisotopic (exact) mass is 286 g/mol. The molecule has 0 aliphatic carbocycles. The standard InChI is InChI=1S/C15H18N4O2/c16-15(21)13(8-12-9-17-10-18-12)19-14(20)7-6-11-4-2-1-3-5-11/h1-5,9-10,13H,6-8H2,(H2,16,21)(H,17,18)(H,19,20)/t13-/m0/s1. The summed E-state index contributed by atoms with van der Waals surface area (Å²) in [5, 5.41) is 2.66. The van der Waals surface area contributed by atoms with Crippen LogP contribution in [-0.2, 0) is 22.4 Å². The van der Waals surface area contributed by atoms with E-state index in [9.17, 15) is 9.59 Å². The zero-order valence-electron chi connectivity index (χ0n) is 11.6. The number of carbonyl (C=O) groups is 2. The predicted octanol–water partition coefficient (Wildman–Crippen LogP) is 0.555. The van der Waals surface area contributed by atoms with E-state index in [4.69, 9.17) is 5.73 Å². The second kappa shape index (κ2) is 7.23. The minimum absolute atomic E-state index is 0.192. The molecule has 0 unspecified atom stereocenters. The molecule has 0 aliphatic heterocycles. The molecule has 2 amide bonds. The molecule has 0 spiro atoms. The first kappa shape index (κ1) is 14.8. The number of aromatic amines is 1. The van der Waals surface area contributed by atoms with Gasteiger partial charge in [0.05, 0.1) is 6.33 Å². The molecule has 21 heavy (non-hydrogen) atoms. The van der Waals surface area contributed by atoms with Crippen LogP contribution in [0.4, 0.5) is 0 Å². The van der Waals surface area contributed by atoms with Gasteiger partial charge in [-0.15, -0.1) is 0 Å². The van der Waals surface area contributed by atoms with Gasteiger partial charge in [-0.1, -0.05) is 30.3 Å². The fourth-order valence-electron chi connectivity index (χ4n) is 2.01. The number of carbonyl (C=O) groups excluding carboxylic acids is 2. The smallest absolute Gasteiger partial charge is 0.240 e. The van der Waals surface area contributed by atoms with Gasteiger partial charge in [-0.2, -0.15) is 0 Å². The molecular formula is C15H18N4O2. The number of nitrogens with two attached hydrogens (primary N) is 1. The number of nitrogens with one attached hydrogen (secondary N) is 2. The first-order valence-corrected chi connectivity index (χ1v) is 6.75. The molecule has 1 aromatic heterocycles. The van der Waals surface area contributed by atoms with Crippen LogP contribution in [0.5, 0.6) is 0 Å². The number of nitrogens with zero attached hydrogens (tertiary/aromatic N) is 1. The number of H-pyrrole nitrogens is 1. The maximum atomic E-state index is 11.9. The molecular weight excluding hydrogens is 268 g/mol. The SMILES string of the molecule is NC(=O)[C@H](Cc1cnc[nH]1)NC(=O)CCc1ccccc1. The van der Waals surface area contributed by atoms with Gasteiger partial charge in [-0.05, 0) is 12.0 Å². The van der Waals surface area contributed by atoms with Crippen LogP contribution >= 0.6 is 0 Å². The van der Waals surface area contributed by atoms with Crippen LogP contribution in [0.3, 0.4) is 0 Å². The van der Waals surface area contributed by atoms with Crippen molar-refractivity contribution in [2.45, 2.75) is 25.3 Å². The van der Waals surface area contributed by atoms with Gasteiger partial charge < -0.3 is 16.0 Å². The number of rotatable bonds is 7. The van der Waals surface area contributed by atoms with Crippen molar-refractivity contribution in [3.8, 4) is 0 Å². The predicted molar refractivity (Wildman–Crippen MR) is 78.2 cm³/mol. The average molecular weight is 286 g/mol. The first-order valence-electron chi connectivity index (χ1n) is 6.75. The van der Waals surface area contributed by atoms with Gasteiger partial charge >= 0.3 is 0 Å². The van der Waals surface area contributed by atoms with Crippen molar-refractivity contribution >= 4 is 11.8 Å². The maximum absolute atomic E-state index is 11.9. The van der Waals surface area contributed by atoms with Crippen molar-refractivity contribution < 1.29 is 9.59 Å². The molecule has 0 radical (unpaired) electrons. The summed E-state index contributed by atoms with van der Waals surface area (Å²) >= 11 is 0. The Kier molecular flexibility index (Phi) is 5.09. The summed E-state index contributed by atoms with van der Waals surface area (Å²) in [5.74, 6) is -0.750. The third kappa shape index (κ3) is 4.76. The van der Waals surface area contributed by atoms with Crippen molar-refractivity contribution in [2.75, 3.05) is 0 Å². The minimum Gasteiger partial charge on any atom is -0.368 e. The second-order valence-corrected chi connectivity index (χ2v) is 4.79. The van der Waals surface area contributed by atoms with Gasteiger partial charge in [-0.3, -0.25) is 9.59 Å². The lowest BCUT2D eigenvalue weighted by molar-refractivity contribution is -0.127. The quantitative estimate of drug-likeness (QED) is 0.693. The van der Waals surface area contributed by atoms with Gasteiger partial charge in [0, 0.05) is 24.7 Å². The Morgan fingerprint density at radius 1 is 1.29 bits per heavy atom. The highest BCUT2D eigenvalue weighted by atomic mass is 16.2. The van der Waals surface area contributed by atoms with Crippen LogP contribution < -0.4 is 11.1 Å². The number of benzene rings is 1. The van der Waals surface area contributed by atoms with Crippen LogP contribution in [-0.4, -0.2) is 27.8 Å². The summed E-state index contributed by atoms with van der Waals surface area (Å²) in [5.41, 5.74) is 7.15. The van der Waals surface area contributed by atoms with E-state index < -0.39 is 11.9 Å². The van der Waals surface area contributed by atoms with E-state index in [1.807, 2.05) is 30.3 Å². The number of amides is 2. The lowest BCUT2D eigenvalue weighted by atomic mass is 10.1. The topological polar surface area (TPSA) is 101 Å². The molecule has 0 saturated heterocycles. The molecule has 0 fully saturated rings. The zero-order chi connectivity index (χ0) is 15.1. The van der Waals surface area contributed by atoms with Crippen LogP contribution in [0, 0.1) is 0 Å². The number of primary amides is 1. The lowest BCUT2D eigenvalue weighted by Crippen LogP contribution is -2.46. The summed E-state index contributed by atoms with van der Waals surface area (Å²) in [6, 6.07) is 8.98. The van der Waals surface area contributed by atoms with Crippen LogP contribution in [0.1, 0.15) is 17.7 Å². The van der Waals surface area contributed by atoms with Crippen molar-refractivity contribution in [1.29, 1.82) is 0 Å². The lowest BCUT2D eigenvalue weighted by Gasteiger charge is -2.14. The molecule has 6 nitrogen and oxygen atoms in total. The van der Waals surface area contributed by atoms with Gasteiger partial charge in [0.2, 0.25) is 11.8 Å². The Balaban J connectivity index is 1.85. The molecule has 1 aromatic carbocycles. The highest BCUT2D eigenvalue weighted by Crippen LogP contribution is 2.03. The zero-order valence-corrected chi connectivity index (χ0v) is 11.6. The minimum atomic E-state index is -0.728. The Morgan fingerprint density at radius 3 is 2.67 bits per heavy atom. The van der Waals surface area contributed by atoms with E-state index >= 15 is 0 Å². The third-order valence-electron chi connectivity index (χ3n) is 3.14. The Hall–Kier alpha value is -2.63. The van der Waals surface area contributed by atoms with Crippen molar-refractivity contribution in [3.05, 3.63) is 54.1 Å². The van der Waals surface area contributed by atoms with Crippen molar-refractivity contribution in [1.82, 2.24) is 15.3 Å². The van der Waals surface area contributed by atoms with E-state index in [-0.39, 0.29) is 5.91 Å². The number of imidazole rings is 1. The molecule has 4 N–H and O–H groups in total. The van der Waals surface area contributed by atoms with Crippen molar-refractivity contribution in [3.63, 3.8) is 0 Å². The summed E-state index contributed by atoms with van der Waals surface area (Å²) in [7, 11) is 0. The highest BCUT2D eigenvalue weighted by molar-refractivity contribution is 5.86. The average Bonchev–Trinajstić information content (AvgIpc) is 2.98. The van der Waals surface area contributed by atoms with E-state index in [1.165, 1.54) is 6.33 Å². The van der Waals surface area contributed by atoms with E-state index in [2.05, 4.69) is 15.3 Å². The van der Waals surface area contributed by atoms with E-state index in [0.29, 0.717) is 19.3 Å². The molecule has 0 bridgehead atoms. The summed E-state index contributed by atoms with van der Waals surface area (Å²) in [6.45, 7) is 0. The summed E-state index contributed by atoms with van der Waals surface area (Å²) in [6.07, 6.45) is 4.38. The maximum Gasteiger partial charge on any atom is 0.240 e. The molecule has 6 heteroatoms. The van der Waals surface area contributed by atoms with Crippen LogP contribution in [0.2, 0.25) is 0 Å². The van der Waals surface area contributed by atoms with Gasteiger partial charge in [-0.25, -0.2) is 4.98 Å². The van der Waals surface area contributed by atoms with Gasteiger partial charge in [0.15, 0.2) is 0 Å². The van der Waals surface area contributed by atoms with Crippen molar-refractivity contribution in [2.24, 2.45) is 5.73 Å². The third-order valence-corrected chi connectivity index (χ3v) is 3.14. The molecule has 0 saturated carbocycles. The number of hydrogen-bond donors (Lipinski definition) is 3. The van der Waals surface area contributed by atoms with E-state index in [0.717, 1.165) is 11.3 Å². The Morgan fingerprint density at radius 2 is 2.05 bits per heavy atom. The molecule has 1 heterocycles. The molecule has 110 valence electrons. The fourth-order valence-corrected chi connectivity index (χ4v) is 2.01. The first-order chi connectivity index (χ1) is 10.1. The van der Waals surface area contributed by atoms with Crippen LogP contribution in [0.25, 0.3) is 0 Å². The number of aromatic nitrogens is 2. The molecule has 0 aliphatic rings. The largest absolute Gasteiger partial charge is 0.368 e. The van der Waals surface area contributed by atoms with E-state index in [1.54, 1.807) is 6.20 Å². The van der Waals surface area contributed by atoms with Gasteiger partial charge in [0.1, 0.15) is 6.04 Å².